The minimum absolute atomic E-state index is 0.176. The van der Waals surface area contributed by atoms with Crippen molar-refractivity contribution in [2.24, 2.45) is 7.05 Å². The summed E-state index contributed by atoms with van der Waals surface area (Å²) in [4.78, 5) is 18.4. The molecule has 1 N–H and O–H groups in total. The summed E-state index contributed by atoms with van der Waals surface area (Å²) >= 11 is 6.01. The number of anilines is 1. The van der Waals surface area contributed by atoms with Gasteiger partial charge in [-0.05, 0) is 31.0 Å². The van der Waals surface area contributed by atoms with E-state index in [2.05, 4.69) is 10.3 Å². The van der Waals surface area contributed by atoms with E-state index in [1.54, 1.807) is 18.0 Å². The number of halogens is 2. The Morgan fingerprint density at radius 1 is 1.48 bits per heavy atom. The van der Waals surface area contributed by atoms with Crippen molar-refractivity contribution in [3.05, 3.63) is 46.8 Å². The van der Waals surface area contributed by atoms with Gasteiger partial charge >= 0.3 is 6.03 Å². The molecule has 2 amide bonds. The number of hydrogen-bond donors (Lipinski definition) is 1. The molecule has 7 heteroatoms. The van der Waals surface area contributed by atoms with Gasteiger partial charge in [0.25, 0.3) is 0 Å². The SMILES string of the molecule is CCCN(Cc1nccn1C)C(=O)Nc1cc(C)c(F)cc1Cl. The molecule has 1 heterocycles. The number of aromatic nitrogens is 2. The summed E-state index contributed by atoms with van der Waals surface area (Å²) in [6.45, 7) is 4.59. The number of nitrogens with one attached hydrogen (secondary N) is 1. The second-order valence-corrected chi connectivity index (χ2v) is 5.79. The lowest BCUT2D eigenvalue weighted by Crippen LogP contribution is -2.36. The first-order valence-corrected chi connectivity index (χ1v) is 7.78. The van der Waals surface area contributed by atoms with E-state index in [-0.39, 0.29) is 11.1 Å². The number of hydrogen-bond acceptors (Lipinski definition) is 2. The molecule has 23 heavy (non-hydrogen) atoms. The van der Waals surface area contributed by atoms with Crippen LogP contribution in [0.1, 0.15) is 24.7 Å². The normalized spacial score (nSPS) is 10.7. The van der Waals surface area contributed by atoms with Crippen LogP contribution in [0.3, 0.4) is 0 Å². The zero-order valence-electron chi connectivity index (χ0n) is 13.4. The maximum absolute atomic E-state index is 13.5. The monoisotopic (exact) mass is 338 g/mol. The Hall–Kier alpha value is -2.08. The van der Waals surface area contributed by atoms with Gasteiger partial charge in [-0.25, -0.2) is 14.2 Å². The first-order chi connectivity index (χ1) is 10.9. The van der Waals surface area contributed by atoms with Crippen LogP contribution >= 0.6 is 11.6 Å². The van der Waals surface area contributed by atoms with Gasteiger partial charge in [0, 0.05) is 26.0 Å². The highest BCUT2D eigenvalue weighted by atomic mass is 35.5. The van der Waals surface area contributed by atoms with Crippen molar-refractivity contribution < 1.29 is 9.18 Å². The molecule has 2 aromatic rings. The van der Waals surface area contributed by atoms with Crippen LogP contribution in [0.2, 0.25) is 5.02 Å². The van der Waals surface area contributed by atoms with Gasteiger partial charge in [0.2, 0.25) is 0 Å². The van der Waals surface area contributed by atoms with E-state index in [0.29, 0.717) is 24.3 Å². The van der Waals surface area contributed by atoms with Crippen LogP contribution in [-0.2, 0) is 13.6 Å². The standard InChI is InChI=1S/C16H20ClFN4O/c1-4-6-22(10-15-19-5-7-21(15)3)16(23)20-14-8-11(2)13(18)9-12(14)17/h5,7-9H,4,6,10H2,1-3H3,(H,20,23). The summed E-state index contributed by atoms with van der Waals surface area (Å²) < 4.78 is 15.3. The molecule has 0 saturated heterocycles. The van der Waals surface area contributed by atoms with Crippen LogP contribution in [0.25, 0.3) is 0 Å². The molecule has 0 saturated carbocycles. The van der Waals surface area contributed by atoms with Gasteiger partial charge in [0.15, 0.2) is 0 Å². The zero-order chi connectivity index (χ0) is 17.0. The Morgan fingerprint density at radius 3 is 2.83 bits per heavy atom. The largest absolute Gasteiger partial charge is 0.337 e. The predicted molar refractivity (Wildman–Crippen MR) is 89.1 cm³/mol. The van der Waals surface area contributed by atoms with Crippen molar-refractivity contribution in [2.75, 3.05) is 11.9 Å². The molecule has 5 nitrogen and oxygen atoms in total. The Morgan fingerprint density at radius 2 is 2.22 bits per heavy atom. The molecule has 0 bridgehead atoms. The van der Waals surface area contributed by atoms with Crippen LogP contribution < -0.4 is 5.32 Å². The molecule has 0 atom stereocenters. The van der Waals surface area contributed by atoms with Crippen LogP contribution in [0, 0.1) is 12.7 Å². The molecule has 0 spiro atoms. The first-order valence-electron chi connectivity index (χ1n) is 7.40. The summed E-state index contributed by atoms with van der Waals surface area (Å²) in [5, 5.41) is 2.92. The van der Waals surface area contributed by atoms with Gasteiger partial charge in [-0.15, -0.1) is 0 Å². The molecule has 1 aromatic heterocycles. The quantitative estimate of drug-likeness (QED) is 0.897. The summed E-state index contributed by atoms with van der Waals surface area (Å²) in [6, 6.07) is 2.44. The van der Waals surface area contributed by atoms with Gasteiger partial charge in [-0.3, -0.25) is 0 Å². The third kappa shape index (κ3) is 4.22. The van der Waals surface area contributed by atoms with Crippen molar-refractivity contribution in [3.8, 4) is 0 Å². The number of carbonyl (C=O) groups excluding carboxylic acids is 1. The van der Waals surface area contributed by atoms with Gasteiger partial charge in [-0.2, -0.15) is 0 Å². The highest BCUT2D eigenvalue weighted by Gasteiger charge is 2.17. The van der Waals surface area contributed by atoms with Crippen molar-refractivity contribution >= 4 is 23.3 Å². The number of imidazole rings is 1. The van der Waals surface area contributed by atoms with E-state index in [1.165, 1.54) is 12.1 Å². The summed E-state index contributed by atoms with van der Waals surface area (Å²) in [7, 11) is 1.88. The van der Waals surface area contributed by atoms with E-state index >= 15 is 0 Å². The molecule has 0 radical (unpaired) electrons. The predicted octanol–water partition coefficient (Wildman–Crippen LogP) is 3.97. The fourth-order valence-electron chi connectivity index (χ4n) is 2.19. The number of benzene rings is 1. The highest BCUT2D eigenvalue weighted by molar-refractivity contribution is 6.33. The molecule has 0 aliphatic carbocycles. The number of urea groups is 1. The zero-order valence-corrected chi connectivity index (χ0v) is 14.2. The number of amides is 2. The number of aryl methyl sites for hydroxylation is 2. The fraction of sp³-hybridized carbons (Fsp3) is 0.375. The Bertz CT molecular complexity index is 701. The second-order valence-electron chi connectivity index (χ2n) is 5.39. The van der Waals surface area contributed by atoms with E-state index in [1.807, 2.05) is 24.7 Å². The molecule has 0 aliphatic heterocycles. The van der Waals surface area contributed by atoms with Crippen molar-refractivity contribution in [2.45, 2.75) is 26.8 Å². The van der Waals surface area contributed by atoms with Crippen molar-refractivity contribution in [1.29, 1.82) is 0 Å². The average molecular weight is 339 g/mol. The molecule has 124 valence electrons. The minimum Gasteiger partial charge on any atom is -0.337 e. The Balaban J connectivity index is 2.15. The van der Waals surface area contributed by atoms with Gasteiger partial charge < -0.3 is 14.8 Å². The Kier molecular flexibility index (Phi) is 5.60. The summed E-state index contributed by atoms with van der Waals surface area (Å²) in [5.74, 6) is 0.390. The van der Waals surface area contributed by atoms with E-state index < -0.39 is 5.82 Å². The van der Waals surface area contributed by atoms with Crippen LogP contribution in [0.5, 0.6) is 0 Å². The lowest BCUT2D eigenvalue weighted by molar-refractivity contribution is 0.207. The summed E-state index contributed by atoms with van der Waals surface area (Å²) in [6.07, 6.45) is 4.34. The minimum atomic E-state index is -0.397. The van der Waals surface area contributed by atoms with Gasteiger partial charge in [0.05, 0.1) is 17.3 Å². The second kappa shape index (κ2) is 7.46. The maximum Gasteiger partial charge on any atom is 0.322 e. The fourth-order valence-corrected chi connectivity index (χ4v) is 2.39. The molecule has 1 aromatic carbocycles. The van der Waals surface area contributed by atoms with E-state index in [9.17, 15) is 9.18 Å². The Labute approximate surface area is 140 Å². The van der Waals surface area contributed by atoms with Crippen LogP contribution in [-0.4, -0.2) is 27.0 Å². The number of rotatable bonds is 5. The molecular formula is C16H20ClFN4O. The molecular weight excluding hydrogens is 319 g/mol. The third-order valence-corrected chi connectivity index (χ3v) is 3.84. The van der Waals surface area contributed by atoms with Gasteiger partial charge in [-0.1, -0.05) is 18.5 Å². The molecule has 0 fully saturated rings. The maximum atomic E-state index is 13.5. The smallest absolute Gasteiger partial charge is 0.322 e. The van der Waals surface area contributed by atoms with Crippen LogP contribution in [0.15, 0.2) is 24.5 Å². The summed E-state index contributed by atoms with van der Waals surface area (Å²) in [5.41, 5.74) is 0.826. The van der Waals surface area contributed by atoms with E-state index in [0.717, 1.165) is 12.2 Å². The topological polar surface area (TPSA) is 50.2 Å². The molecule has 0 unspecified atom stereocenters. The molecule has 0 aliphatic rings. The lowest BCUT2D eigenvalue weighted by Gasteiger charge is -2.22. The molecule has 2 rings (SSSR count). The van der Waals surface area contributed by atoms with Crippen LogP contribution in [0.4, 0.5) is 14.9 Å². The third-order valence-electron chi connectivity index (χ3n) is 3.52. The highest BCUT2D eigenvalue weighted by Crippen LogP contribution is 2.25. The van der Waals surface area contributed by atoms with Crippen molar-refractivity contribution in [1.82, 2.24) is 14.5 Å². The first kappa shape index (κ1) is 17.3. The van der Waals surface area contributed by atoms with Gasteiger partial charge in [0.1, 0.15) is 11.6 Å². The average Bonchev–Trinajstić information content (AvgIpc) is 2.89. The van der Waals surface area contributed by atoms with Crippen molar-refractivity contribution in [3.63, 3.8) is 0 Å². The number of carbonyl (C=O) groups is 1. The number of nitrogens with zero attached hydrogens (tertiary/aromatic N) is 3. The lowest BCUT2D eigenvalue weighted by atomic mass is 10.2. The van der Waals surface area contributed by atoms with E-state index in [4.69, 9.17) is 11.6 Å².